The largest absolute Gasteiger partial charge is 0.481 e. The smallest absolute Gasteiger partial charge is 0.307 e. The van der Waals surface area contributed by atoms with E-state index < -0.39 is 22.1 Å². The average molecular weight is 320 g/mol. The van der Waals surface area contributed by atoms with Crippen LogP contribution >= 0.6 is 0 Å². The van der Waals surface area contributed by atoms with Crippen molar-refractivity contribution >= 4 is 16.2 Å². The van der Waals surface area contributed by atoms with Crippen LogP contribution in [0, 0.1) is 11.8 Å². The van der Waals surface area contributed by atoms with E-state index in [1.54, 1.807) is 0 Å². The minimum Gasteiger partial charge on any atom is -0.481 e. The van der Waals surface area contributed by atoms with Gasteiger partial charge in [0.1, 0.15) is 0 Å². The lowest BCUT2D eigenvalue weighted by molar-refractivity contribution is -0.142. The molecule has 0 aromatic rings. The highest BCUT2D eigenvalue weighted by atomic mass is 32.2. The topological polar surface area (TPSA) is 95.9 Å². The maximum atomic E-state index is 12.4. The molecule has 2 saturated heterocycles. The third-order valence-electron chi connectivity index (χ3n) is 4.38. The van der Waals surface area contributed by atoms with Crippen LogP contribution in [0.25, 0.3) is 0 Å². The summed E-state index contributed by atoms with van der Waals surface area (Å²) in [6.07, 6.45) is 2.82. The minimum absolute atomic E-state index is 0.0607. The second-order valence-electron chi connectivity index (χ2n) is 5.90. The Morgan fingerprint density at radius 2 is 2.00 bits per heavy atom. The van der Waals surface area contributed by atoms with E-state index >= 15 is 0 Å². The van der Waals surface area contributed by atoms with Crippen LogP contribution in [0.15, 0.2) is 0 Å². The van der Waals surface area contributed by atoms with Gasteiger partial charge < -0.3 is 9.84 Å². The number of hydrogen-bond acceptors (Lipinski definition) is 4. The number of nitrogens with one attached hydrogen (secondary N) is 1. The molecule has 0 spiro atoms. The lowest BCUT2D eigenvalue weighted by Gasteiger charge is -2.33. The number of ether oxygens (including phenoxy) is 1. The summed E-state index contributed by atoms with van der Waals surface area (Å²) in [5.74, 6) is -1.25. The van der Waals surface area contributed by atoms with Crippen LogP contribution in [-0.4, -0.2) is 56.1 Å². The molecule has 2 fully saturated rings. The van der Waals surface area contributed by atoms with Crippen molar-refractivity contribution in [1.29, 1.82) is 0 Å². The third kappa shape index (κ3) is 4.38. The first kappa shape index (κ1) is 16.7. The maximum absolute atomic E-state index is 12.4. The van der Waals surface area contributed by atoms with E-state index in [2.05, 4.69) is 4.72 Å². The van der Waals surface area contributed by atoms with Crippen molar-refractivity contribution in [1.82, 2.24) is 9.03 Å². The molecular formula is C13H24N2O5S. The van der Waals surface area contributed by atoms with Crippen molar-refractivity contribution in [2.75, 3.05) is 26.3 Å². The van der Waals surface area contributed by atoms with Gasteiger partial charge in [0.05, 0.1) is 5.92 Å². The number of carbonyl (C=O) groups is 1. The quantitative estimate of drug-likeness (QED) is 0.766. The van der Waals surface area contributed by atoms with E-state index in [4.69, 9.17) is 9.84 Å². The molecule has 21 heavy (non-hydrogen) atoms. The zero-order chi connectivity index (χ0) is 15.5. The number of carboxylic acids is 1. The van der Waals surface area contributed by atoms with Gasteiger partial charge in [-0.25, -0.2) is 0 Å². The number of nitrogens with zero attached hydrogens (tertiary/aromatic N) is 1. The van der Waals surface area contributed by atoms with Gasteiger partial charge in [0, 0.05) is 32.3 Å². The summed E-state index contributed by atoms with van der Waals surface area (Å²) in [4.78, 5) is 11.0. The summed E-state index contributed by atoms with van der Waals surface area (Å²) in [7, 11) is -3.62. The van der Waals surface area contributed by atoms with E-state index in [0.29, 0.717) is 32.6 Å². The molecule has 122 valence electrons. The van der Waals surface area contributed by atoms with Crippen molar-refractivity contribution < 1.29 is 23.1 Å². The molecule has 2 aliphatic heterocycles. The van der Waals surface area contributed by atoms with E-state index in [0.717, 1.165) is 12.8 Å². The van der Waals surface area contributed by atoms with Gasteiger partial charge >= 0.3 is 5.97 Å². The van der Waals surface area contributed by atoms with Crippen LogP contribution < -0.4 is 4.72 Å². The average Bonchev–Trinajstić information content (AvgIpc) is 2.48. The summed E-state index contributed by atoms with van der Waals surface area (Å²) in [5, 5.41) is 9.05. The van der Waals surface area contributed by atoms with Gasteiger partial charge in [0.15, 0.2) is 0 Å². The Balaban J connectivity index is 1.95. The first-order valence-corrected chi connectivity index (χ1v) is 8.92. The van der Waals surface area contributed by atoms with Crippen molar-refractivity contribution in [3.05, 3.63) is 0 Å². The Morgan fingerprint density at radius 3 is 2.62 bits per heavy atom. The van der Waals surface area contributed by atoms with Crippen molar-refractivity contribution in [2.24, 2.45) is 11.8 Å². The molecule has 8 heteroatoms. The first-order valence-electron chi connectivity index (χ1n) is 7.48. The van der Waals surface area contributed by atoms with Gasteiger partial charge in [-0.15, -0.1) is 0 Å². The maximum Gasteiger partial charge on any atom is 0.307 e. The van der Waals surface area contributed by atoms with Gasteiger partial charge in [-0.05, 0) is 38.5 Å². The number of piperidine rings is 1. The highest BCUT2D eigenvalue weighted by molar-refractivity contribution is 7.87. The van der Waals surface area contributed by atoms with Crippen LogP contribution in [0.2, 0.25) is 0 Å². The fourth-order valence-corrected chi connectivity index (χ4v) is 4.54. The zero-order valence-corrected chi connectivity index (χ0v) is 13.1. The molecule has 2 N–H and O–H groups in total. The second-order valence-corrected chi connectivity index (χ2v) is 7.60. The van der Waals surface area contributed by atoms with Gasteiger partial charge in [-0.2, -0.15) is 17.4 Å². The molecule has 2 unspecified atom stereocenters. The number of aliphatic carboxylic acids is 1. The Kier molecular flexibility index (Phi) is 5.59. The van der Waals surface area contributed by atoms with Crippen LogP contribution in [0.3, 0.4) is 0 Å². The van der Waals surface area contributed by atoms with E-state index in [1.807, 2.05) is 6.92 Å². The van der Waals surface area contributed by atoms with Crippen LogP contribution in [0.5, 0.6) is 0 Å². The highest BCUT2D eigenvalue weighted by Crippen LogP contribution is 2.22. The Bertz CT molecular complexity index is 461. The molecule has 0 radical (unpaired) electrons. The molecule has 2 atom stereocenters. The van der Waals surface area contributed by atoms with Gasteiger partial charge in [0.2, 0.25) is 0 Å². The molecule has 0 amide bonds. The summed E-state index contributed by atoms with van der Waals surface area (Å²) in [6.45, 7) is 3.65. The molecule has 0 aromatic carbocycles. The molecule has 0 bridgehead atoms. The summed E-state index contributed by atoms with van der Waals surface area (Å²) >= 11 is 0. The standard InChI is InChI=1S/C13H24N2O5S/c1-10(11-4-7-20-8-5-11)14-21(18,19)15-6-2-3-12(9-15)13(16)17/h10-12,14H,2-9H2,1H3,(H,16,17). The second kappa shape index (κ2) is 7.04. The summed E-state index contributed by atoms with van der Waals surface area (Å²) in [6, 6.07) is -0.163. The molecule has 0 aliphatic carbocycles. The van der Waals surface area contributed by atoms with Crippen molar-refractivity contribution in [3.63, 3.8) is 0 Å². The first-order chi connectivity index (χ1) is 9.90. The zero-order valence-electron chi connectivity index (χ0n) is 12.3. The molecule has 7 nitrogen and oxygen atoms in total. The fraction of sp³-hybridized carbons (Fsp3) is 0.923. The molecular weight excluding hydrogens is 296 g/mol. The predicted molar refractivity (Wildman–Crippen MR) is 77.0 cm³/mol. The van der Waals surface area contributed by atoms with Crippen LogP contribution in [-0.2, 0) is 19.7 Å². The molecule has 0 aromatic heterocycles. The Labute approximate surface area is 125 Å². The monoisotopic (exact) mass is 320 g/mol. The lowest BCUT2D eigenvalue weighted by Crippen LogP contribution is -2.51. The number of hydrogen-bond donors (Lipinski definition) is 2. The number of carboxylic acid groups (broad SMARTS) is 1. The summed E-state index contributed by atoms with van der Waals surface area (Å²) < 4.78 is 34.1. The summed E-state index contributed by atoms with van der Waals surface area (Å²) in [5.41, 5.74) is 0. The lowest BCUT2D eigenvalue weighted by atomic mass is 9.94. The number of rotatable bonds is 5. The molecule has 2 rings (SSSR count). The van der Waals surface area contributed by atoms with E-state index in [1.165, 1.54) is 4.31 Å². The molecule has 2 heterocycles. The van der Waals surface area contributed by atoms with Gasteiger partial charge in [-0.1, -0.05) is 0 Å². The molecule has 2 aliphatic rings. The Hall–Kier alpha value is -0.700. The third-order valence-corrected chi connectivity index (χ3v) is 6.06. The minimum atomic E-state index is -3.62. The normalized spacial score (nSPS) is 27.4. The fourth-order valence-electron chi connectivity index (χ4n) is 2.98. The van der Waals surface area contributed by atoms with Crippen LogP contribution in [0.1, 0.15) is 32.6 Å². The van der Waals surface area contributed by atoms with Crippen molar-refractivity contribution in [3.8, 4) is 0 Å². The van der Waals surface area contributed by atoms with Gasteiger partial charge in [-0.3, -0.25) is 4.79 Å². The van der Waals surface area contributed by atoms with Gasteiger partial charge in [0.25, 0.3) is 10.2 Å². The van der Waals surface area contributed by atoms with Crippen LogP contribution in [0.4, 0.5) is 0 Å². The molecule has 0 saturated carbocycles. The van der Waals surface area contributed by atoms with E-state index in [-0.39, 0.29) is 18.5 Å². The predicted octanol–water partition coefficient (Wildman–Crippen LogP) is 0.433. The van der Waals surface area contributed by atoms with Crippen molar-refractivity contribution in [2.45, 2.75) is 38.6 Å². The SMILES string of the molecule is CC(NS(=O)(=O)N1CCCC(C(=O)O)C1)C1CCOCC1. The highest BCUT2D eigenvalue weighted by Gasteiger charge is 2.34. The van der Waals surface area contributed by atoms with E-state index in [9.17, 15) is 13.2 Å². The Morgan fingerprint density at radius 1 is 1.33 bits per heavy atom.